The van der Waals surface area contributed by atoms with Crippen molar-refractivity contribution in [2.75, 3.05) is 0 Å². The predicted octanol–water partition coefficient (Wildman–Crippen LogP) is 4.26. The van der Waals surface area contributed by atoms with Gasteiger partial charge in [-0.3, -0.25) is 0 Å². The number of aldehydes is 1. The molecular formula is C16H22O. The van der Waals surface area contributed by atoms with Crippen LogP contribution in [0.25, 0.3) is 0 Å². The fourth-order valence-corrected chi connectivity index (χ4v) is 2.96. The van der Waals surface area contributed by atoms with Crippen molar-refractivity contribution < 1.29 is 4.79 Å². The fourth-order valence-electron chi connectivity index (χ4n) is 2.96. The number of carbonyl (C=O) groups is 1. The Hall–Kier alpha value is -1.11. The average molecular weight is 230 g/mol. The highest BCUT2D eigenvalue weighted by Crippen LogP contribution is 2.33. The minimum atomic E-state index is 0.656. The van der Waals surface area contributed by atoms with Gasteiger partial charge in [-0.05, 0) is 36.3 Å². The first kappa shape index (κ1) is 12.3. The van der Waals surface area contributed by atoms with Crippen LogP contribution in [0.5, 0.6) is 0 Å². The topological polar surface area (TPSA) is 17.1 Å². The molecule has 0 spiro atoms. The SMILES string of the molecule is O=CCCc1ccccc1C1CCCCCC1. The summed E-state index contributed by atoms with van der Waals surface area (Å²) in [5.41, 5.74) is 2.91. The second kappa shape index (κ2) is 6.58. The van der Waals surface area contributed by atoms with Crippen molar-refractivity contribution in [2.24, 2.45) is 0 Å². The van der Waals surface area contributed by atoms with Gasteiger partial charge in [-0.1, -0.05) is 49.9 Å². The Balaban J connectivity index is 2.14. The van der Waals surface area contributed by atoms with Crippen molar-refractivity contribution in [2.45, 2.75) is 57.3 Å². The monoisotopic (exact) mass is 230 g/mol. The molecule has 17 heavy (non-hydrogen) atoms. The summed E-state index contributed by atoms with van der Waals surface area (Å²) in [5, 5.41) is 0. The summed E-state index contributed by atoms with van der Waals surface area (Å²) in [4.78, 5) is 10.5. The lowest BCUT2D eigenvalue weighted by Crippen LogP contribution is -2.02. The standard InChI is InChI=1S/C16H22O/c17-13-7-11-15-10-5-6-12-16(15)14-8-3-1-2-4-9-14/h5-6,10,12-14H,1-4,7-9,11H2. The Kier molecular flexibility index (Phi) is 4.78. The van der Waals surface area contributed by atoms with Crippen molar-refractivity contribution in [1.82, 2.24) is 0 Å². The van der Waals surface area contributed by atoms with E-state index < -0.39 is 0 Å². The van der Waals surface area contributed by atoms with Crippen LogP contribution in [-0.4, -0.2) is 6.29 Å². The summed E-state index contributed by atoms with van der Waals surface area (Å²) < 4.78 is 0. The average Bonchev–Trinajstić information content (AvgIpc) is 2.65. The van der Waals surface area contributed by atoms with E-state index in [1.807, 2.05) is 0 Å². The van der Waals surface area contributed by atoms with Crippen molar-refractivity contribution >= 4 is 6.29 Å². The minimum absolute atomic E-state index is 0.656. The van der Waals surface area contributed by atoms with Crippen LogP contribution in [0.4, 0.5) is 0 Å². The number of rotatable bonds is 4. The summed E-state index contributed by atoms with van der Waals surface area (Å²) in [6.07, 6.45) is 10.8. The maximum Gasteiger partial charge on any atom is 0.120 e. The molecule has 2 rings (SSSR count). The predicted molar refractivity (Wildman–Crippen MR) is 71.3 cm³/mol. The fraction of sp³-hybridized carbons (Fsp3) is 0.562. The third kappa shape index (κ3) is 3.42. The Morgan fingerprint density at radius 2 is 1.76 bits per heavy atom. The third-order valence-corrected chi connectivity index (χ3v) is 3.88. The van der Waals surface area contributed by atoms with E-state index in [-0.39, 0.29) is 0 Å². The summed E-state index contributed by atoms with van der Waals surface area (Å²) >= 11 is 0. The van der Waals surface area contributed by atoms with E-state index in [1.54, 1.807) is 0 Å². The molecule has 0 heterocycles. The molecule has 92 valence electrons. The summed E-state index contributed by atoms with van der Waals surface area (Å²) in [5.74, 6) is 0.736. The molecule has 0 aliphatic heterocycles. The molecule has 0 atom stereocenters. The third-order valence-electron chi connectivity index (χ3n) is 3.88. The highest BCUT2D eigenvalue weighted by molar-refractivity contribution is 5.50. The Morgan fingerprint density at radius 3 is 2.47 bits per heavy atom. The molecule has 0 unspecified atom stereocenters. The molecule has 0 saturated heterocycles. The first-order chi connectivity index (χ1) is 8.42. The molecular weight excluding hydrogens is 208 g/mol. The Bertz CT molecular complexity index is 348. The van der Waals surface area contributed by atoms with Gasteiger partial charge < -0.3 is 4.79 Å². The van der Waals surface area contributed by atoms with Crippen LogP contribution in [0.3, 0.4) is 0 Å². The van der Waals surface area contributed by atoms with Crippen molar-refractivity contribution in [1.29, 1.82) is 0 Å². The summed E-state index contributed by atoms with van der Waals surface area (Å²) in [6.45, 7) is 0. The van der Waals surface area contributed by atoms with Crippen molar-refractivity contribution in [3.05, 3.63) is 35.4 Å². The van der Waals surface area contributed by atoms with E-state index in [1.165, 1.54) is 49.7 Å². The Morgan fingerprint density at radius 1 is 1.06 bits per heavy atom. The van der Waals surface area contributed by atoms with Crippen LogP contribution >= 0.6 is 0 Å². The highest BCUT2D eigenvalue weighted by atomic mass is 16.1. The lowest BCUT2D eigenvalue weighted by Gasteiger charge is -2.18. The number of aryl methyl sites for hydroxylation is 1. The van der Waals surface area contributed by atoms with Gasteiger partial charge in [0, 0.05) is 6.42 Å². The van der Waals surface area contributed by atoms with Crippen LogP contribution in [-0.2, 0) is 11.2 Å². The van der Waals surface area contributed by atoms with Crippen molar-refractivity contribution in [3.8, 4) is 0 Å². The van der Waals surface area contributed by atoms with E-state index in [0.717, 1.165) is 18.6 Å². The molecule has 1 aliphatic carbocycles. The molecule has 0 bridgehead atoms. The number of hydrogen-bond acceptors (Lipinski definition) is 1. The minimum Gasteiger partial charge on any atom is -0.303 e. The van der Waals surface area contributed by atoms with Gasteiger partial charge in [-0.25, -0.2) is 0 Å². The molecule has 1 fully saturated rings. The maximum atomic E-state index is 10.5. The van der Waals surface area contributed by atoms with Crippen LogP contribution in [0, 0.1) is 0 Å². The smallest absolute Gasteiger partial charge is 0.120 e. The normalized spacial score (nSPS) is 17.6. The maximum absolute atomic E-state index is 10.5. The summed E-state index contributed by atoms with van der Waals surface area (Å²) in [6, 6.07) is 8.71. The van der Waals surface area contributed by atoms with Gasteiger partial charge in [0.2, 0.25) is 0 Å². The second-order valence-corrected chi connectivity index (χ2v) is 5.09. The Labute approximate surface area is 104 Å². The van der Waals surface area contributed by atoms with Gasteiger partial charge in [0.05, 0.1) is 0 Å². The van der Waals surface area contributed by atoms with E-state index in [4.69, 9.17) is 0 Å². The van der Waals surface area contributed by atoms with Crippen LogP contribution < -0.4 is 0 Å². The van der Waals surface area contributed by atoms with Gasteiger partial charge in [0.25, 0.3) is 0 Å². The van der Waals surface area contributed by atoms with E-state index in [2.05, 4.69) is 24.3 Å². The molecule has 0 amide bonds. The molecule has 1 heteroatoms. The lowest BCUT2D eigenvalue weighted by atomic mass is 9.87. The molecule has 0 N–H and O–H groups in total. The number of hydrogen-bond donors (Lipinski definition) is 0. The first-order valence-electron chi connectivity index (χ1n) is 6.93. The zero-order chi connectivity index (χ0) is 11.9. The van der Waals surface area contributed by atoms with Gasteiger partial charge >= 0.3 is 0 Å². The molecule has 1 aliphatic rings. The van der Waals surface area contributed by atoms with Gasteiger partial charge in [-0.2, -0.15) is 0 Å². The van der Waals surface area contributed by atoms with Crippen LogP contribution in [0.15, 0.2) is 24.3 Å². The molecule has 1 saturated carbocycles. The molecule has 0 radical (unpaired) electrons. The molecule has 1 aromatic carbocycles. The van der Waals surface area contributed by atoms with Gasteiger partial charge in [-0.15, -0.1) is 0 Å². The molecule has 1 nitrogen and oxygen atoms in total. The van der Waals surface area contributed by atoms with E-state index >= 15 is 0 Å². The quantitative estimate of drug-likeness (QED) is 0.558. The van der Waals surface area contributed by atoms with E-state index in [0.29, 0.717) is 6.42 Å². The zero-order valence-electron chi connectivity index (χ0n) is 10.5. The second-order valence-electron chi connectivity index (χ2n) is 5.09. The van der Waals surface area contributed by atoms with Crippen molar-refractivity contribution in [3.63, 3.8) is 0 Å². The molecule has 0 aromatic heterocycles. The number of carbonyl (C=O) groups excluding carboxylic acids is 1. The summed E-state index contributed by atoms with van der Waals surface area (Å²) in [7, 11) is 0. The number of benzene rings is 1. The van der Waals surface area contributed by atoms with E-state index in [9.17, 15) is 4.79 Å². The zero-order valence-corrected chi connectivity index (χ0v) is 10.5. The first-order valence-corrected chi connectivity index (χ1v) is 6.93. The highest BCUT2D eigenvalue weighted by Gasteiger charge is 2.16. The van der Waals surface area contributed by atoms with Crippen LogP contribution in [0.1, 0.15) is 62.0 Å². The van der Waals surface area contributed by atoms with Gasteiger partial charge in [0.15, 0.2) is 0 Å². The van der Waals surface area contributed by atoms with Crippen LogP contribution in [0.2, 0.25) is 0 Å². The molecule has 1 aromatic rings. The van der Waals surface area contributed by atoms with Gasteiger partial charge in [0.1, 0.15) is 6.29 Å². The lowest BCUT2D eigenvalue weighted by molar-refractivity contribution is -0.107. The largest absolute Gasteiger partial charge is 0.303 e.